The summed E-state index contributed by atoms with van der Waals surface area (Å²) in [6.07, 6.45) is 3.97. The van der Waals surface area contributed by atoms with Crippen LogP contribution in [0.3, 0.4) is 0 Å². The highest BCUT2D eigenvalue weighted by atomic mass is 79.9. The van der Waals surface area contributed by atoms with Gasteiger partial charge in [-0.05, 0) is 28.8 Å². The molecular weight excluding hydrogens is 246 g/mol. The number of hydrogen-bond acceptors (Lipinski definition) is 5. The summed E-state index contributed by atoms with van der Waals surface area (Å²) in [6, 6.07) is 0. The Morgan fingerprint density at radius 1 is 1.36 bits per heavy atom. The van der Waals surface area contributed by atoms with Gasteiger partial charge in [-0.15, -0.1) is 0 Å². The van der Waals surface area contributed by atoms with Crippen LogP contribution in [0.1, 0.15) is 12.8 Å². The van der Waals surface area contributed by atoms with Gasteiger partial charge < -0.3 is 10.3 Å². The van der Waals surface area contributed by atoms with Crippen LogP contribution in [0.4, 0.5) is 11.6 Å². The highest BCUT2D eigenvalue weighted by Crippen LogP contribution is 2.30. The van der Waals surface area contributed by atoms with Crippen molar-refractivity contribution in [3.05, 3.63) is 10.8 Å². The van der Waals surface area contributed by atoms with E-state index in [0.29, 0.717) is 5.82 Å². The van der Waals surface area contributed by atoms with Gasteiger partial charge in [-0.3, -0.25) is 0 Å². The first-order valence-electron chi connectivity index (χ1n) is 4.55. The molecular formula is C8H12BrN5. The number of aromatic nitrogens is 2. The monoisotopic (exact) mass is 257 g/mol. The average molecular weight is 258 g/mol. The number of anilines is 2. The number of nitrogen functional groups attached to an aromatic ring is 1. The zero-order valence-electron chi connectivity index (χ0n) is 7.70. The minimum absolute atomic E-state index is 0.627. The fourth-order valence-electron chi connectivity index (χ4n) is 1.61. The predicted molar refractivity (Wildman–Crippen MR) is 59.0 cm³/mol. The molecule has 1 saturated heterocycles. The Morgan fingerprint density at radius 3 is 2.71 bits per heavy atom. The van der Waals surface area contributed by atoms with Gasteiger partial charge in [0.1, 0.15) is 16.6 Å². The minimum Gasteiger partial charge on any atom is -0.356 e. The van der Waals surface area contributed by atoms with Gasteiger partial charge in [0.2, 0.25) is 0 Å². The van der Waals surface area contributed by atoms with Crippen LogP contribution in [-0.2, 0) is 0 Å². The Bertz CT molecular complexity index is 324. The summed E-state index contributed by atoms with van der Waals surface area (Å²) in [6.45, 7) is 2.11. The maximum Gasteiger partial charge on any atom is 0.159 e. The molecule has 76 valence electrons. The number of rotatable bonds is 2. The summed E-state index contributed by atoms with van der Waals surface area (Å²) in [5, 5.41) is 0. The Kier molecular flexibility index (Phi) is 2.83. The summed E-state index contributed by atoms with van der Waals surface area (Å²) in [7, 11) is 0. The zero-order valence-corrected chi connectivity index (χ0v) is 9.29. The lowest BCUT2D eigenvalue weighted by molar-refractivity contribution is 0.920. The zero-order chi connectivity index (χ0) is 9.97. The van der Waals surface area contributed by atoms with E-state index in [1.54, 1.807) is 0 Å². The van der Waals surface area contributed by atoms with Crippen molar-refractivity contribution in [3.63, 3.8) is 0 Å². The third-order valence-electron chi connectivity index (χ3n) is 2.31. The lowest BCUT2D eigenvalue weighted by Gasteiger charge is -2.18. The van der Waals surface area contributed by atoms with E-state index in [9.17, 15) is 0 Å². The van der Waals surface area contributed by atoms with Crippen molar-refractivity contribution in [1.29, 1.82) is 0 Å². The van der Waals surface area contributed by atoms with Crippen LogP contribution in [0.25, 0.3) is 0 Å². The van der Waals surface area contributed by atoms with Gasteiger partial charge in [-0.1, -0.05) is 0 Å². The molecule has 14 heavy (non-hydrogen) atoms. The maximum absolute atomic E-state index is 5.33. The van der Waals surface area contributed by atoms with E-state index < -0.39 is 0 Å². The molecule has 1 fully saturated rings. The molecule has 6 heteroatoms. The van der Waals surface area contributed by atoms with E-state index >= 15 is 0 Å². The molecule has 0 saturated carbocycles. The van der Waals surface area contributed by atoms with Crippen LogP contribution in [0.2, 0.25) is 0 Å². The molecule has 0 radical (unpaired) electrons. The molecule has 5 nitrogen and oxygen atoms in total. The molecule has 0 amide bonds. The highest BCUT2D eigenvalue weighted by Gasteiger charge is 2.18. The largest absolute Gasteiger partial charge is 0.356 e. The Balaban J connectivity index is 2.32. The topological polar surface area (TPSA) is 67.1 Å². The summed E-state index contributed by atoms with van der Waals surface area (Å²) in [4.78, 5) is 10.5. The van der Waals surface area contributed by atoms with Crippen molar-refractivity contribution < 1.29 is 0 Å². The summed E-state index contributed by atoms with van der Waals surface area (Å²) < 4.78 is 0.837. The molecule has 1 aromatic rings. The van der Waals surface area contributed by atoms with Gasteiger partial charge in [0.15, 0.2) is 5.82 Å². The van der Waals surface area contributed by atoms with E-state index in [4.69, 9.17) is 5.84 Å². The van der Waals surface area contributed by atoms with Crippen LogP contribution < -0.4 is 16.2 Å². The smallest absolute Gasteiger partial charge is 0.159 e. The first-order valence-corrected chi connectivity index (χ1v) is 5.34. The average Bonchev–Trinajstić information content (AvgIpc) is 2.71. The summed E-state index contributed by atoms with van der Waals surface area (Å²) in [5.41, 5.74) is 2.53. The molecule has 1 aliphatic heterocycles. The molecule has 2 heterocycles. The quantitative estimate of drug-likeness (QED) is 0.614. The molecule has 0 aromatic carbocycles. The lowest BCUT2D eigenvalue weighted by atomic mass is 10.4. The van der Waals surface area contributed by atoms with Crippen molar-refractivity contribution in [3.8, 4) is 0 Å². The second kappa shape index (κ2) is 4.10. The normalized spacial score (nSPS) is 16.0. The fourth-order valence-corrected chi connectivity index (χ4v) is 2.18. The second-order valence-corrected chi connectivity index (χ2v) is 3.99. The predicted octanol–water partition coefficient (Wildman–Crippen LogP) is 1.12. The Morgan fingerprint density at radius 2 is 2.07 bits per heavy atom. The van der Waals surface area contributed by atoms with E-state index in [1.807, 2.05) is 0 Å². The first kappa shape index (κ1) is 9.67. The summed E-state index contributed by atoms with van der Waals surface area (Å²) in [5.74, 6) is 6.88. The van der Waals surface area contributed by atoms with Gasteiger partial charge in [0.25, 0.3) is 0 Å². The lowest BCUT2D eigenvalue weighted by Crippen LogP contribution is -2.21. The third kappa shape index (κ3) is 1.67. The van der Waals surface area contributed by atoms with Gasteiger partial charge in [-0.2, -0.15) is 0 Å². The van der Waals surface area contributed by atoms with Gasteiger partial charge in [-0.25, -0.2) is 15.8 Å². The van der Waals surface area contributed by atoms with Gasteiger partial charge in [0, 0.05) is 13.1 Å². The van der Waals surface area contributed by atoms with Gasteiger partial charge >= 0.3 is 0 Å². The first-order chi connectivity index (χ1) is 6.83. The van der Waals surface area contributed by atoms with Gasteiger partial charge in [0.05, 0.1) is 0 Å². The number of nitrogens with zero attached hydrogens (tertiary/aromatic N) is 3. The summed E-state index contributed by atoms with van der Waals surface area (Å²) >= 11 is 3.44. The van der Waals surface area contributed by atoms with E-state index in [-0.39, 0.29) is 0 Å². The molecule has 0 unspecified atom stereocenters. The van der Waals surface area contributed by atoms with Crippen molar-refractivity contribution in [2.75, 3.05) is 23.4 Å². The molecule has 0 bridgehead atoms. The molecule has 2 rings (SSSR count). The van der Waals surface area contributed by atoms with Crippen LogP contribution in [0.15, 0.2) is 10.8 Å². The van der Waals surface area contributed by atoms with E-state index in [2.05, 4.69) is 36.2 Å². The molecule has 0 atom stereocenters. The van der Waals surface area contributed by atoms with Crippen LogP contribution in [-0.4, -0.2) is 23.1 Å². The minimum atomic E-state index is 0.627. The van der Waals surface area contributed by atoms with Crippen LogP contribution in [0.5, 0.6) is 0 Å². The Hall–Kier alpha value is -0.880. The number of nitrogens with two attached hydrogens (primary N) is 1. The third-order valence-corrected chi connectivity index (χ3v) is 3.04. The molecule has 0 aliphatic carbocycles. The number of hydrogen-bond donors (Lipinski definition) is 2. The molecule has 0 spiro atoms. The number of halogens is 1. The van der Waals surface area contributed by atoms with Crippen molar-refractivity contribution in [2.24, 2.45) is 5.84 Å². The highest BCUT2D eigenvalue weighted by molar-refractivity contribution is 9.10. The standard InChI is InChI=1S/C8H12BrN5/c9-6-7(13-10)11-5-12-8(6)14-3-1-2-4-14/h5H,1-4,10H2,(H,11,12,13). The van der Waals surface area contributed by atoms with Crippen molar-refractivity contribution >= 4 is 27.6 Å². The number of hydrazine groups is 1. The second-order valence-electron chi connectivity index (χ2n) is 3.20. The van der Waals surface area contributed by atoms with Crippen molar-refractivity contribution in [2.45, 2.75) is 12.8 Å². The fraction of sp³-hybridized carbons (Fsp3) is 0.500. The van der Waals surface area contributed by atoms with E-state index in [0.717, 1.165) is 23.4 Å². The Labute approximate surface area is 90.8 Å². The SMILES string of the molecule is NNc1ncnc(N2CCCC2)c1Br. The van der Waals surface area contributed by atoms with Crippen molar-refractivity contribution in [1.82, 2.24) is 9.97 Å². The molecule has 3 N–H and O–H groups in total. The number of nitrogens with one attached hydrogen (secondary N) is 1. The van der Waals surface area contributed by atoms with Crippen LogP contribution in [0, 0.1) is 0 Å². The van der Waals surface area contributed by atoms with Crippen LogP contribution >= 0.6 is 15.9 Å². The molecule has 1 aromatic heterocycles. The maximum atomic E-state index is 5.33. The van der Waals surface area contributed by atoms with E-state index in [1.165, 1.54) is 19.2 Å². The molecule has 1 aliphatic rings.